The number of hydrogen-bond acceptors (Lipinski definition) is 1. The molecule has 0 aromatic rings. The molecule has 0 bridgehead atoms. The fraction of sp³-hybridized carbons (Fsp3) is 0.455. The molecule has 84 valence electrons. The molecule has 0 radical (unpaired) electrons. The van der Waals surface area contributed by atoms with E-state index in [9.17, 15) is 8.78 Å². The lowest BCUT2D eigenvalue weighted by atomic mass is 10.1. The van der Waals surface area contributed by atoms with Crippen molar-refractivity contribution in [1.29, 1.82) is 0 Å². The van der Waals surface area contributed by atoms with Gasteiger partial charge in [-0.1, -0.05) is 18.2 Å². The zero-order valence-corrected chi connectivity index (χ0v) is 9.32. The van der Waals surface area contributed by atoms with Crippen molar-refractivity contribution < 1.29 is 8.78 Å². The molecule has 1 rings (SSSR count). The van der Waals surface area contributed by atoms with Crippen LogP contribution in [0.15, 0.2) is 35.2 Å². The number of alkyl halides is 1. The van der Waals surface area contributed by atoms with Crippen LogP contribution < -0.4 is 5.32 Å². The van der Waals surface area contributed by atoms with E-state index in [1.807, 2.05) is 0 Å². The van der Waals surface area contributed by atoms with Gasteiger partial charge >= 0.3 is 0 Å². The Morgan fingerprint density at radius 2 is 2.20 bits per heavy atom. The molecule has 2 atom stereocenters. The van der Waals surface area contributed by atoms with Crippen LogP contribution in [0.4, 0.5) is 8.78 Å². The van der Waals surface area contributed by atoms with Gasteiger partial charge in [0.1, 0.15) is 6.17 Å². The molecule has 1 fully saturated rings. The van der Waals surface area contributed by atoms with Gasteiger partial charge in [-0.2, -0.15) is 0 Å². The predicted octanol–water partition coefficient (Wildman–Crippen LogP) is 3.24. The summed E-state index contributed by atoms with van der Waals surface area (Å²) in [5.74, 6) is -0.330. The molecule has 0 aromatic carbocycles. The number of rotatable bonds is 3. The lowest BCUT2D eigenvalue weighted by Gasteiger charge is -2.12. The van der Waals surface area contributed by atoms with Crippen LogP contribution in [0.5, 0.6) is 0 Å². The maximum Gasteiger partial charge on any atom is 0.114 e. The Balaban J connectivity index is 2.60. The third-order valence-electron chi connectivity index (χ3n) is 2.26. The molecule has 1 saturated heterocycles. The van der Waals surface area contributed by atoms with Crippen molar-refractivity contribution in [2.75, 3.05) is 6.54 Å². The summed E-state index contributed by atoms with van der Waals surface area (Å²) in [6.07, 6.45) is 2.22. The normalized spacial score (nSPS) is 28.3. The Labute approximate surface area is 93.5 Å². The minimum atomic E-state index is -0.852. The van der Waals surface area contributed by atoms with Crippen LogP contribution in [0, 0.1) is 0 Å². The molecular weight excluding hydrogens is 220 g/mol. The van der Waals surface area contributed by atoms with E-state index < -0.39 is 6.17 Å². The molecular formula is C11H14ClF2N. The summed E-state index contributed by atoms with van der Waals surface area (Å²) in [4.78, 5) is 0. The Bertz CT molecular complexity index is 306. The second-order valence-electron chi connectivity index (χ2n) is 3.59. The van der Waals surface area contributed by atoms with E-state index >= 15 is 0 Å². The first-order valence-corrected chi connectivity index (χ1v) is 5.14. The van der Waals surface area contributed by atoms with Gasteiger partial charge in [0.25, 0.3) is 0 Å². The number of hydrogen-bond donors (Lipinski definition) is 1. The minimum Gasteiger partial charge on any atom is -0.307 e. The van der Waals surface area contributed by atoms with E-state index in [0.29, 0.717) is 23.6 Å². The van der Waals surface area contributed by atoms with Crippen molar-refractivity contribution in [2.24, 2.45) is 0 Å². The topological polar surface area (TPSA) is 12.0 Å². The van der Waals surface area contributed by atoms with Crippen molar-refractivity contribution in [2.45, 2.75) is 25.6 Å². The van der Waals surface area contributed by atoms with Gasteiger partial charge in [-0.3, -0.25) is 0 Å². The highest BCUT2D eigenvalue weighted by molar-refractivity contribution is 6.32. The summed E-state index contributed by atoms with van der Waals surface area (Å²) < 4.78 is 25.3. The Kier molecular flexibility index (Phi) is 4.48. The highest BCUT2D eigenvalue weighted by Crippen LogP contribution is 2.24. The summed E-state index contributed by atoms with van der Waals surface area (Å²) in [5.41, 5.74) is 0.606. The Morgan fingerprint density at radius 3 is 2.67 bits per heavy atom. The highest BCUT2D eigenvalue weighted by atomic mass is 35.5. The molecule has 4 heteroatoms. The number of halogens is 3. The summed E-state index contributed by atoms with van der Waals surface area (Å²) >= 11 is 5.89. The zero-order valence-electron chi connectivity index (χ0n) is 8.56. The lowest BCUT2D eigenvalue weighted by Crippen LogP contribution is -2.23. The second-order valence-corrected chi connectivity index (χ2v) is 3.99. The fourth-order valence-corrected chi connectivity index (χ4v) is 1.61. The van der Waals surface area contributed by atoms with E-state index in [1.54, 1.807) is 0 Å². The van der Waals surface area contributed by atoms with Crippen molar-refractivity contribution in [3.63, 3.8) is 0 Å². The standard InChI is InChI=1S/C11H14ClF2N/c1-7(13)3-4-10(12)8(2)11-5-9(14)6-15-11/h3-4,9,11,15H,2,5-6H2,1H3/b7-3+,10-4+/t9-,11+/m0/s1. The summed E-state index contributed by atoms with van der Waals surface area (Å²) in [7, 11) is 0. The van der Waals surface area contributed by atoms with Gasteiger partial charge < -0.3 is 5.32 Å². The quantitative estimate of drug-likeness (QED) is 0.738. The molecule has 15 heavy (non-hydrogen) atoms. The Hall–Kier alpha value is -0.670. The van der Waals surface area contributed by atoms with Gasteiger partial charge in [0.15, 0.2) is 0 Å². The zero-order chi connectivity index (χ0) is 11.4. The van der Waals surface area contributed by atoms with Gasteiger partial charge in [0.05, 0.1) is 5.83 Å². The monoisotopic (exact) mass is 233 g/mol. The van der Waals surface area contributed by atoms with Gasteiger partial charge in [0.2, 0.25) is 0 Å². The van der Waals surface area contributed by atoms with Gasteiger partial charge in [0, 0.05) is 17.6 Å². The molecule has 1 aliphatic rings. The predicted molar refractivity (Wildman–Crippen MR) is 59.2 cm³/mol. The first kappa shape index (κ1) is 12.4. The highest BCUT2D eigenvalue weighted by Gasteiger charge is 2.26. The first-order valence-electron chi connectivity index (χ1n) is 4.77. The van der Waals surface area contributed by atoms with Gasteiger partial charge in [-0.05, 0) is 31.1 Å². The van der Waals surface area contributed by atoms with Crippen molar-refractivity contribution >= 4 is 11.6 Å². The van der Waals surface area contributed by atoms with E-state index in [1.165, 1.54) is 19.1 Å². The minimum absolute atomic E-state index is 0.142. The van der Waals surface area contributed by atoms with E-state index in [2.05, 4.69) is 11.9 Å². The molecule has 0 unspecified atom stereocenters. The fourth-order valence-electron chi connectivity index (χ4n) is 1.42. The summed E-state index contributed by atoms with van der Waals surface area (Å²) in [5, 5.41) is 3.32. The van der Waals surface area contributed by atoms with Gasteiger partial charge in [-0.15, -0.1) is 0 Å². The van der Waals surface area contributed by atoms with Crippen LogP contribution in [-0.4, -0.2) is 18.8 Å². The van der Waals surface area contributed by atoms with Crippen molar-refractivity contribution in [1.82, 2.24) is 5.32 Å². The first-order chi connectivity index (χ1) is 7.00. The smallest absolute Gasteiger partial charge is 0.114 e. The molecule has 0 amide bonds. The molecule has 0 aliphatic carbocycles. The molecule has 1 nitrogen and oxygen atoms in total. The van der Waals surface area contributed by atoms with Crippen LogP contribution in [-0.2, 0) is 0 Å². The maximum atomic E-state index is 12.9. The van der Waals surface area contributed by atoms with Crippen LogP contribution in [0.25, 0.3) is 0 Å². The summed E-state index contributed by atoms with van der Waals surface area (Å²) in [6, 6.07) is -0.142. The van der Waals surface area contributed by atoms with Gasteiger partial charge in [-0.25, -0.2) is 8.78 Å². The SMILES string of the molecule is C=C(/C(Cl)=C\C=C(/C)F)[C@H]1C[C@H](F)CN1. The maximum absolute atomic E-state index is 12.9. The molecule has 1 heterocycles. The second kappa shape index (κ2) is 5.42. The molecule has 1 aliphatic heterocycles. The average Bonchev–Trinajstić information content (AvgIpc) is 2.60. The third-order valence-corrected chi connectivity index (χ3v) is 2.63. The number of allylic oxidation sites excluding steroid dienone is 3. The molecule has 1 N–H and O–H groups in total. The largest absolute Gasteiger partial charge is 0.307 e. The summed E-state index contributed by atoms with van der Waals surface area (Å²) in [6.45, 7) is 5.42. The third kappa shape index (κ3) is 3.76. The molecule has 0 spiro atoms. The molecule has 0 aromatic heterocycles. The molecule has 0 saturated carbocycles. The average molecular weight is 234 g/mol. The number of nitrogens with one attached hydrogen (secondary N) is 1. The lowest BCUT2D eigenvalue weighted by molar-refractivity contribution is 0.358. The van der Waals surface area contributed by atoms with Crippen LogP contribution in [0.2, 0.25) is 0 Å². The van der Waals surface area contributed by atoms with E-state index in [0.717, 1.165) is 0 Å². The van der Waals surface area contributed by atoms with E-state index in [-0.39, 0.29) is 11.9 Å². The van der Waals surface area contributed by atoms with Crippen molar-refractivity contribution in [3.05, 3.63) is 35.2 Å². The van der Waals surface area contributed by atoms with Crippen LogP contribution in [0.1, 0.15) is 13.3 Å². The van der Waals surface area contributed by atoms with E-state index in [4.69, 9.17) is 11.6 Å². The van der Waals surface area contributed by atoms with Crippen LogP contribution >= 0.6 is 11.6 Å². The Morgan fingerprint density at radius 1 is 1.53 bits per heavy atom. The van der Waals surface area contributed by atoms with Crippen LogP contribution in [0.3, 0.4) is 0 Å². The van der Waals surface area contributed by atoms with Crippen molar-refractivity contribution in [3.8, 4) is 0 Å².